The first-order valence-corrected chi connectivity index (χ1v) is 18.5. The summed E-state index contributed by atoms with van der Waals surface area (Å²) in [4.78, 5) is 0. The second kappa shape index (κ2) is 11.2. The normalized spacial score (nSPS) is 13.2. The Morgan fingerprint density at radius 1 is 0.377 bits per heavy atom. The van der Waals surface area contributed by atoms with Gasteiger partial charge in [0.25, 0.3) is 0 Å². The number of aromatic nitrogens is 2. The van der Waals surface area contributed by atoms with Crippen molar-refractivity contribution in [3.8, 4) is 44.8 Å². The monoisotopic (exact) mass is 676 g/mol. The summed E-state index contributed by atoms with van der Waals surface area (Å²) in [5.74, 6) is 0. The van der Waals surface area contributed by atoms with Crippen LogP contribution in [-0.4, -0.2) is 9.13 Å². The molecule has 0 bridgehead atoms. The van der Waals surface area contributed by atoms with Crippen molar-refractivity contribution in [1.29, 1.82) is 0 Å². The van der Waals surface area contributed by atoms with E-state index in [0.29, 0.717) is 0 Å². The molecule has 0 saturated carbocycles. The smallest absolute Gasteiger partial charge is 0.0641 e. The molecule has 2 heterocycles. The first-order chi connectivity index (χ1) is 26.1. The van der Waals surface area contributed by atoms with Crippen molar-refractivity contribution in [1.82, 2.24) is 9.13 Å². The molecule has 0 spiro atoms. The van der Waals surface area contributed by atoms with Gasteiger partial charge in [-0.3, -0.25) is 0 Å². The quantitative estimate of drug-likeness (QED) is 0.176. The van der Waals surface area contributed by atoms with Crippen LogP contribution in [-0.2, 0) is 5.41 Å². The van der Waals surface area contributed by atoms with E-state index in [1.807, 2.05) is 0 Å². The highest BCUT2D eigenvalue weighted by molar-refractivity contribution is 6.26. The Bertz CT molecular complexity index is 3050. The summed E-state index contributed by atoms with van der Waals surface area (Å²) in [5, 5.41) is 5.06. The van der Waals surface area contributed by atoms with E-state index in [2.05, 4.69) is 205 Å². The van der Waals surface area contributed by atoms with Gasteiger partial charge < -0.3 is 9.13 Å². The summed E-state index contributed by atoms with van der Waals surface area (Å²) in [7, 11) is 0. The van der Waals surface area contributed by atoms with Crippen LogP contribution in [0.2, 0.25) is 0 Å². The number of hydrogen-bond donors (Lipinski definition) is 0. The van der Waals surface area contributed by atoms with E-state index in [9.17, 15) is 0 Å². The molecule has 0 atom stereocenters. The van der Waals surface area contributed by atoms with Crippen LogP contribution in [0.1, 0.15) is 25.0 Å². The summed E-state index contributed by atoms with van der Waals surface area (Å²) in [6.07, 6.45) is 0. The molecule has 0 saturated heterocycles. The molecule has 0 unspecified atom stereocenters. The zero-order chi connectivity index (χ0) is 35.3. The number of nitrogens with zero attached hydrogens (tertiary/aromatic N) is 2. The third kappa shape index (κ3) is 4.27. The number of para-hydroxylation sites is 2. The fraction of sp³-hybridized carbons (Fsp3) is 0.0588. The predicted molar refractivity (Wildman–Crippen MR) is 224 cm³/mol. The third-order valence-electron chi connectivity index (χ3n) is 11.7. The standard InChI is InChI=1S/C51H36N2/c1-51(2)42-18-9-6-16-40(42)48-43(51)19-12-22-46(48)53-45-21-11-8-17-41(45)49-47(53)32-31-39-38-15-7-10-20-44(38)52(50(39)49)37-29-27-36(28-30-37)35-25-23-34(24-26-35)33-13-4-3-5-14-33/h3-32H,1-2H3. The maximum absolute atomic E-state index is 2.52. The fourth-order valence-electron chi connectivity index (χ4n) is 9.25. The van der Waals surface area contributed by atoms with Crippen LogP contribution in [0, 0.1) is 0 Å². The Morgan fingerprint density at radius 2 is 0.943 bits per heavy atom. The average Bonchev–Trinajstić information content (AvgIpc) is 3.82. The van der Waals surface area contributed by atoms with Crippen LogP contribution in [0.15, 0.2) is 182 Å². The van der Waals surface area contributed by atoms with E-state index in [1.54, 1.807) is 0 Å². The SMILES string of the molecule is CC1(C)c2ccccc2-c2c(-n3c4ccccc4c4c3ccc3c5ccccc5n(-c5ccc(-c6ccc(-c7ccccc7)cc6)cc5)c34)cccc21. The first-order valence-electron chi connectivity index (χ1n) is 18.5. The number of benzene rings is 8. The molecule has 0 radical (unpaired) electrons. The molecule has 10 aromatic rings. The van der Waals surface area contributed by atoms with Gasteiger partial charge in [-0.1, -0.05) is 159 Å². The van der Waals surface area contributed by atoms with E-state index >= 15 is 0 Å². The molecule has 0 aliphatic heterocycles. The second-order valence-corrected chi connectivity index (χ2v) is 14.9. The number of fused-ring (bicyclic) bond motifs is 10. The molecule has 11 rings (SSSR count). The molecule has 0 fully saturated rings. The molecular weight excluding hydrogens is 641 g/mol. The Hall–Kier alpha value is -6.64. The lowest BCUT2D eigenvalue weighted by Crippen LogP contribution is -2.14. The lowest BCUT2D eigenvalue weighted by molar-refractivity contribution is 0.660. The van der Waals surface area contributed by atoms with Crippen molar-refractivity contribution in [2.24, 2.45) is 0 Å². The van der Waals surface area contributed by atoms with E-state index in [0.717, 1.165) is 5.69 Å². The summed E-state index contributed by atoms with van der Waals surface area (Å²) >= 11 is 0. The Balaban J connectivity index is 1.14. The maximum atomic E-state index is 2.52. The van der Waals surface area contributed by atoms with Gasteiger partial charge in [-0.2, -0.15) is 0 Å². The van der Waals surface area contributed by atoms with Gasteiger partial charge in [-0.15, -0.1) is 0 Å². The van der Waals surface area contributed by atoms with Crippen molar-refractivity contribution < 1.29 is 0 Å². The molecule has 1 aliphatic rings. The summed E-state index contributed by atoms with van der Waals surface area (Å²) < 4.78 is 5.01. The Labute approximate surface area is 308 Å². The van der Waals surface area contributed by atoms with E-state index in [1.165, 1.54) is 93.8 Å². The van der Waals surface area contributed by atoms with Gasteiger partial charge in [-0.25, -0.2) is 0 Å². The second-order valence-electron chi connectivity index (χ2n) is 14.9. The van der Waals surface area contributed by atoms with E-state index in [-0.39, 0.29) is 5.41 Å². The van der Waals surface area contributed by atoms with Gasteiger partial charge in [0.1, 0.15) is 0 Å². The number of hydrogen-bond acceptors (Lipinski definition) is 0. The maximum Gasteiger partial charge on any atom is 0.0641 e. The molecule has 0 N–H and O–H groups in total. The lowest BCUT2D eigenvalue weighted by atomic mass is 9.82. The van der Waals surface area contributed by atoms with Crippen molar-refractivity contribution in [3.63, 3.8) is 0 Å². The molecule has 1 aliphatic carbocycles. The van der Waals surface area contributed by atoms with Crippen molar-refractivity contribution in [2.45, 2.75) is 19.3 Å². The summed E-state index contributed by atoms with van der Waals surface area (Å²) in [6, 6.07) is 66.9. The molecule has 2 nitrogen and oxygen atoms in total. The molecule has 2 aromatic heterocycles. The van der Waals surface area contributed by atoms with Gasteiger partial charge >= 0.3 is 0 Å². The lowest BCUT2D eigenvalue weighted by Gasteiger charge is -2.21. The highest BCUT2D eigenvalue weighted by Crippen LogP contribution is 2.52. The van der Waals surface area contributed by atoms with Crippen LogP contribution in [0.5, 0.6) is 0 Å². The average molecular weight is 677 g/mol. The molecule has 53 heavy (non-hydrogen) atoms. The predicted octanol–water partition coefficient (Wildman–Crippen LogP) is 13.5. The molecule has 8 aromatic carbocycles. The largest absolute Gasteiger partial charge is 0.309 e. The van der Waals surface area contributed by atoms with Gasteiger partial charge in [-0.05, 0) is 75.3 Å². The number of rotatable bonds is 4. The van der Waals surface area contributed by atoms with E-state index < -0.39 is 0 Å². The minimum atomic E-state index is -0.0729. The van der Waals surface area contributed by atoms with Gasteiger partial charge in [0.15, 0.2) is 0 Å². The summed E-state index contributed by atoms with van der Waals surface area (Å²) in [6.45, 7) is 4.72. The minimum absolute atomic E-state index is 0.0729. The van der Waals surface area contributed by atoms with Gasteiger partial charge in [0, 0.05) is 38.2 Å². The Morgan fingerprint density at radius 3 is 1.68 bits per heavy atom. The first kappa shape index (κ1) is 30.0. The zero-order valence-corrected chi connectivity index (χ0v) is 29.7. The highest BCUT2D eigenvalue weighted by atomic mass is 15.0. The molecule has 250 valence electrons. The zero-order valence-electron chi connectivity index (χ0n) is 29.7. The third-order valence-corrected chi connectivity index (χ3v) is 11.7. The summed E-state index contributed by atoms with van der Waals surface area (Å²) in [5.41, 5.74) is 17.5. The topological polar surface area (TPSA) is 9.86 Å². The molecular formula is C51H36N2. The van der Waals surface area contributed by atoms with E-state index in [4.69, 9.17) is 0 Å². The van der Waals surface area contributed by atoms with Crippen molar-refractivity contribution in [2.75, 3.05) is 0 Å². The molecule has 2 heteroatoms. The van der Waals surface area contributed by atoms with Crippen LogP contribution in [0.3, 0.4) is 0 Å². The van der Waals surface area contributed by atoms with Crippen molar-refractivity contribution in [3.05, 3.63) is 193 Å². The Kier molecular flexibility index (Phi) is 6.33. The van der Waals surface area contributed by atoms with Crippen LogP contribution in [0.4, 0.5) is 0 Å². The minimum Gasteiger partial charge on any atom is -0.309 e. The van der Waals surface area contributed by atoms with Crippen molar-refractivity contribution >= 4 is 43.6 Å². The van der Waals surface area contributed by atoms with Crippen LogP contribution in [0.25, 0.3) is 88.4 Å². The van der Waals surface area contributed by atoms with Crippen LogP contribution < -0.4 is 0 Å². The molecule has 0 amide bonds. The highest BCUT2D eigenvalue weighted by Gasteiger charge is 2.37. The van der Waals surface area contributed by atoms with Gasteiger partial charge in [0.05, 0.1) is 27.8 Å². The fourth-order valence-corrected chi connectivity index (χ4v) is 9.25. The van der Waals surface area contributed by atoms with Gasteiger partial charge in [0.2, 0.25) is 0 Å². The van der Waals surface area contributed by atoms with Crippen LogP contribution >= 0.6 is 0 Å².